The van der Waals surface area contributed by atoms with Gasteiger partial charge >= 0.3 is 12.3 Å². The van der Waals surface area contributed by atoms with Crippen LogP contribution >= 0.6 is 0 Å². The number of alkyl halides is 3. The Labute approximate surface area is 130 Å². The standard InChI is InChI=1S/C16H14F3NO3/c17-16(18,19)23-13-9-5-4-8-12(13)15(20,14(21)22)10-11-6-2-1-3-7-11/h1-9H,10,20H2,(H,21,22). The van der Waals surface area contributed by atoms with Gasteiger partial charge in [-0.1, -0.05) is 48.5 Å². The molecule has 0 amide bonds. The number of halogens is 3. The summed E-state index contributed by atoms with van der Waals surface area (Å²) in [4.78, 5) is 11.7. The summed E-state index contributed by atoms with van der Waals surface area (Å²) in [5.41, 5.74) is 4.26. The molecule has 2 rings (SSSR count). The van der Waals surface area contributed by atoms with Crippen LogP contribution < -0.4 is 10.5 Å². The Kier molecular flexibility index (Phi) is 4.60. The smallest absolute Gasteiger partial charge is 0.480 e. The first-order valence-corrected chi connectivity index (χ1v) is 6.64. The molecule has 0 bridgehead atoms. The van der Waals surface area contributed by atoms with Crippen molar-refractivity contribution >= 4 is 5.97 Å². The van der Waals surface area contributed by atoms with Crippen molar-refractivity contribution in [3.05, 3.63) is 65.7 Å². The zero-order valence-corrected chi connectivity index (χ0v) is 11.9. The van der Waals surface area contributed by atoms with Gasteiger partial charge in [0, 0.05) is 12.0 Å². The first-order valence-electron chi connectivity index (χ1n) is 6.64. The van der Waals surface area contributed by atoms with Crippen molar-refractivity contribution < 1.29 is 27.8 Å². The maximum Gasteiger partial charge on any atom is 0.573 e. The zero-order valence-electron chi connectivity index (χ0n) is 11.9. The SMILES string of the molecule is NC(Cc1ccccc1)(C(=O)O)c1ccccc1OC(F)(F)F. The van der Waals surface area contributed by atoms with E-state index in [1.165, 1.54) is 18.2 Å². The molecule has 0 aromatic heterocycles. The molecule has 2 aromatic rings. The van der Waals surface area contributed by atoms with Crippen molar-refractivity contribution in [2.75, 3.05) is 0 Å². The first-order chi connectivity index (χ1) is 10.7. The molecule has 0 saturated heterocycles. The molecule has 1 unspecified atom stereocenters. The Morgan fingerprint density at radius 1 is 1.04 bits per heavy atom. The van der Waals surface area contributed by atoms with Gasteiger partial charge in [0.2, 0.25) is 0 Å². The minimum atomic E-state index is -4.94. The van der Waals surface area contributed by atoms with E-state index in [0.717, 1.165) is 6.07 Å². The number of benzene rings is 2. The lowest BCUT2D eigenvalue weighted by Gasteiger charge is -2.27. The lowest BCUT2D eigenvalue weighted by atomic mass is 9.84. The average Bonchev–Trinajstić information content (AvgIpc) is 2.47. The summed E-state index contributed by atoms with van der Waals surface area (Å²) in [5.74, 6) is -2.07. The molecule has 3 N–H and O–H groups in total. The predicted molar refractivity (Wildman–Crippen MR) is 76.8 cm³/mol. The predicted octanol–water partition coefficient (Wildman–Crippen LogP) is 3.07. The number of ether oxygens (including phenoxy) is 1. The highest BCUT2D eigenvalue weighted by Crippen LogP contribution is 2.34. The van der Waals surface area contributed by atoms with Crippen LogP contribution in [0.3, 0.4) is 0 Å². The minimum absolute atomic E-state index is 0.179. The molecule has 1 atom stereocenters. The van der Waals surface area contributed by atoms with Crippen molar-refractivity contribution in [2.24, 2.45) is 5.73 Å². The Bertz CT molecular complexity index is 688. The average molecular weight is 325 g/mol. The second kappa shape index (κ2) is 6.29. The topological polar surface area (TPSA) is 72.6 Å². The van der Waals surface area contributed by atoms with Gasteiger partial charge in [-0.25, -0.2) is 4.79 Å². The lowest BCUT2D eigenvalue weighted by Crippen LogP contribution is -2.47. The van der Waals surface area contributed by atoms with Crippen molar-refractivity contribution in [2.45, 2.75) is 18.3 Å². The molecule has 4 nitrogen and oxygen atoms in total. The van der Waals surface area contributed by atoms with E-state index in [1.54, 1.807) is 30.3 Å². The van der Waals surface area contributed by atoms with E-state index in [-0.39, 0.29) is 12.0 Å². The van der Waals surface area contributed by atoms with Crippen LogP contribution in [0, 0.1) is 0 Å². The van der Waals surface area contributed by atoms with Crippen LogP contribution in [0.4, 0.5) is 13.2 Å². The van der Waals surface area contributed by atoms with Gasteiger partial charge in [-0.05, 0) is 11.6 Å². The molecule has 0 fully saturated rings. The lowest BCUT2D eigenvalue weighted by molar-refractivity contribution is -0.275. The summed E-state index contributed by atoms with van der Waals surface area (Å²) in [5, 5.41) is 9.51. The summed E-state index contributed by atoms with van der Waals surface area (Å²) >= 11 is 0. The number of carboxylic acids is 1. The number of para-hydroxylation sites is 1. The largest absolute Gasteiger partial charge is 0.573 e. The second-order valence-electron chi connectivity index (χ2n) is 4.98. The Hall–Kier alpha value is -2.54. The number of aliphatic carboxylic acids is 1. The molecule has 0 radical (unpaired) electrons. The van der Waals surface area contributed by atoms with Crippen LogP contribution in [-0.4, -0.2) is 17.4 Å². The van der Waals surface area contributed by atoms with Crippen molar-refractivity contribution in [1.29, 1.82) is 0 Å². The van der Waals surface area contributed by atoms with Crippen molar-refractivity contribution in [3.8, 4) is 5.75 Å². The quantitative estimate of drug-likeness (QED) is 0.886. The van der Waals surface area contributed by atoms with E-state index in [1.807, 2.05) is 0 Å². The van der Waals surface area contributed by atoms with Gasteiger partial charge in [-0.3, -0.25) is 0 Å². The van der Waals surface area contributed by atoms with E-state index >= 15 is 0 Å². The summed E-state index contributed by atoms with van der Waals surface area (Å²) in [6.07, 6.45) is -5.12. The van der Waals surface area contributed by atoms with Crippen LogP contribution in [0.1, 0.15) is 11.1 Å². The molecule has 0 aliphatic heterocycles. The molecule has 0 heterocycles. The van der Waals surface area contributed by atoms with Crippen molar-refractivity contribution in [3.63, 3.8) is 0 Å². The molecular weight excluding hydrogens is 311 g/mol. The van der Waals surface area contributed by atoms with Gasteiger partial charge in [0.15, 0.2) is 0 Å². The normalized spacial score (nSPS) is 14.1. The third-order valence-corrected chi connectivity index (χ3v) is 3.30. The van der Waals surface area contributed by atoms with Crippen LogP contribution in [0.15, 0.2) is 54.6 Å². The molecular formula is C16H14F3NO3. The van der Waals surface area contributed by atoms with Gasteiger partial charge in [-0.15, -0.1) is 13.2 Å². The fourth-order valence-corrected chi connectivity index (χ4v) is 2.25. The highest BCUT2D eigenvalue weighted by Gasteiger charge is 2.41. The number of hydrogen-bond acceptors (Lipinski definition) is 3. The third kappa shape index (κ3) is 4.01. The summed E-state index contributed by atoms with van der Waals surface area (Å²) in [6.45, 7) is 0. The van der Waals surface area contributed by atoms with E-state index in [9.17, 15) is 23.1 Å². The molecule has 0 spiro atoms. The molecule has 7 heteroatoms. The molecule has 0 aliphatic rings. The highest BCUT2D eigenvalue weighted by atomic mass is 19.4. The number of nitrogens with two attached hydrogens (primary N) is 1. The Morgan fingerprint density at radius 2 is 1.61 bits per heavy atom. The van der Waals surface area contributed by atoms with Crippen LogP contribution in [0.2, 0.25) is 0 Å². The minimum Gasteiger partial charge on any atom is -0.480 e. The Balaban J connectivity index is 2.48. The third-order valence-electron chi connectivity index (χ3n) is 3.30. The zero-order chi connectivity index (χ0) is 17.1. The van der Waals surface area contributed by atoms with Gasteiger partial charge < -0.3 is 15.6 Å². The van der Waals surface area contributed by atoms with Crippen LogP contribution in [0.25, 0.3) is 0 Å². The monoisotopic (exact) mass is 325 g/mol. The number of carbonyl (C=O) groups is 1. The van der Waals surface area contributed by atoms with Gasteiger partial charge in [0.25, 0.3) is 0 Å². The number of rotatable bonds is 5. The number of carboxylic acid groups (broad SMARTS) is 1. The molecule has 23 heavy (non-hydrogen) atoms. The number of hydrogen-bond donors (Lipinski definition) is 2. The summed E-state index contributed by atoms with van der Waals surface area (Å²) < 4.78 is 41.5. The maximum atomic E-state index is 12.5. The fraction of sp³-hybridized carbons (Fsp3) is 0.188. The highest BCUT2D eigenvalue weighted by molar-refractivity contribution is 5.82. The van der Waals surface area contributed by atoms with E-state index < -0.39 is 23.6 Å². The van der Waals surface area contributed by atoms with E-state index in [4.69, 9.17) is 5.73 Å². The molecule has 2 aromatic carbocycles. The van der Waals surface area contributed by atoms with E-state index in [2.05, 4.69) is 4.74 Å². The van der Waals surface area contributed by atoms with Gasteiger partial charge in [0.1, 0.15) is 11.3 Å². The summed E-state index contributed by atoms with van der Waals surface area (Å²) in [7, 11) is 0. The van der Waals surface area contributed by atoms with Gasteiger partial charge in [-0.2, -0.15) is 0 Å². The van der Waals surface area contributed by atoms with E-state index in [0.29, 0.717) is 5.56 Å². The Morgan fingerprint density at radius 3 is 2.17 bits per heavy atom. The fourth-order valence-electron chi connectivity index (χ4n) is 2.25. The molecule has 0 aliphatic carbocycles. The molecule has 122 valence electrons. The first kappa shape index (κ1) is 16.8. The maximum absolute atomic E-state index is 12.5. The van der Waals surface area contributed by atoms with Gasteiger partial charge in [0.05, 0.1) is 0 Å². The second-order valence-corrected chi connectivity index (χ2v) is 4.98. The van der Waals surface area contributed by atoms with Crippen molar-refractivity contribution in [1.82, 2.24) is 0 Å². The molecule has 0 saturated carbocycles. The van der Waals surface area contributed by atoms with Crippen LogP contribution in [-0.2, 0) is 16.8 Å². The summed E-state index contributed by atoms with van der Waals surface area (Å²) in [6, 6.07) is 13.4. The van der Waals surface area contributed by atoms with Crippen LogP contribution in [0.5, 0.6) is 5.75 Å².